The second kappa shape index (κ2) is 5.10. The molecule has 1 N–H and O–H groups in total. The molecule has 5 heteroatoms. The van der Waals surface area contributed by atoms with Crippen LogP contribution in [0.3, 0.4) is 0 Å². The Kier molecular flexibility index (Phi) is 3.32. The molecule has 0 atom stereocenters. The monoisotopic (exact) mass is 247 g/mol. The number of nitrogens with zero attached hydrogens (tertiary/aromatic N) is 4. The smallest absolute Gasteiger partial charge is 0.134 e. The molecule has 2 heterocycles. The predicted molar refractivity (Wildman–Crippen MR) is 73.0 cm³/mol. The normalized spacial score (nSPS) is 21.1. The van der Waals surface area contributed by atoms with Crippen LogP contribution in [-0.2, 0) is 0 Å². The largest absolute Gasteiger partial charge is 0.370 e. The third-order valence-corrected chi connectivity index (χ3v) is 3.71. The van der Waals surface area contributed by atoms with Gasteiger partial charge in [-0.05, 0) is 19.8 Å². The Balaban J connectivity index is 1.62. The molecular formula is C13H21N5. The van der Waals surface area contributed by atoms with Crippen molar-refractivity contribution < 1.29 is 0 Å². The van der Waals surface area contributed by atoms with Crippen LogP contribution in [0, 0.1) is 0 Å². The van der Waals surface area contributed by atoms with Crippen molar-refractivity contribution in [3.8, 4) is 0 Å². The summed E-state index contributed by atoms with van der Waals surface area (Å²) in [6.07, 6.45) is 4.46. The van der Waals surface area contributed by atoms with Gasteiger partial charge in [-0.25, -0.2) is 9.97 Å². The van der Waals surface area contributed by atoms with E-state index in [4.69, 9.17) is 0 Å². The van der Waals surface area contributed by atoms with Crippen LogP contribution >= 0.6 is 0 Å². The van der Waals surface area contributed by atoms with Gasteiger partial charge in [0, 0.05) is 44.8 Å². The molecular weight excluding hydrogens is 226 g/mol. The van der Waals surface area contributed by atoms with Gasteiger partial charge >= 0.3 is 0 Å². The highest BCUT2D eigenvalue weighted by atomic mass is 15.3. The van der Waals surface area contributed by atoms with Crippen molar-refractivity contribution in [2.24, 2.45) is 0 Å². The van der Waals surface area contributed by atoms with Crippen LogP contribution in [0.4, 0.5) is 11.6 Å². The molecule has 1 aliphatic heterocycles. The van der Waals surface area contributed by atoms with E-state index in [2.05, 4.69) is 38.1 Å². The topological polar surface area (TPSA) is 44.3 Å². The standard InChI is InChI=1S/C13H21N5/c1-2-14-12-9-13(16-10-15-12)18-7-5-17(6-8-18)11-3-4-11/h9-11H,2-8H2,1H3,(H,14,15,16). The molecule has 1 saturated carbocycles. The highest BCUT2D eigenvalue weighted by Gasteiger charge is 2.31. The summed E-state index contributed by atoms with van der Waals surface area (Å²) in [5.74, 6) is 1.98. The van der Waals surface area contributed by atoms with Crippen LogP contribution in [-0.4, -0.2) is 53.6 Å². The van der Waals surface area contributed by atoms with Crippen LogP contribution in [0.1, 0.15) is 19.8 Å². The van der Waals surface area contributed by atoms with E-state index in [-0.39, 0.29) is 0 Å². The van der Waals surface area contributed by atoms with Crippen LogP contribution in [0.2, 0.25) is 0 Å². The quantitative estimate of drug-likeness (QED) is 0.866. The molecule has 3 rings (SSSR count). The molecule has 1 saturated heterocycles. The van der Waals surface area contributed by atoms with Crippen molar-refractivity contribution in [2.75, 3.05) is 42.9 Å². The van der Waals surface area contributed by atoms with Gasteiger partial charge in [0.2, 0.25) is 0 Å². The molecule has 1 aromatic rings. The van der Waals surface area contributed by atoms with Gasteiger partial charge in [0.1, 0.15) is 18.0 Å². The van der Waals surface area contributed by atoms with E-state index in [1.54, 1.807) is 6.33 Å². The zero-order valence-electron chi connectivity index (χ0n) is 11.0. The van der Waals surface area contributed by atoms with E-state index < -0.39 is 0 Å². The lowest BCUT2D eigenvalue weighted by Crippen LogP contribution is -2.47. The number of hydrogen-bond donors (Lipinski definition) is 1. The third-order valence-electron chi connectivity index (χ3n) is 3.71. The van der Waals surface area contributed by atoms with Gasteiger partial charge in [-0.1, -0.05) is 0 Å². The number of aromatic nitrogens is 2. The van der Waals surface area contributed by atoms with Gasteiger partial charge < -0.3 is 10.2 Å². The number of anilines is 2. The molecule has 0 bridgehead atoms. The van der Waals surface area contributed by atoms with Crippen molar-refractivity contribution in [3.05, 3.63) is 12.4 Å². The molecule has 0 aromatic carbocycles. The molecule has 98 valence electrons. The summed E-state index contributed by atoms with van der Waals surface area (Å²) in [4.78, 5) is 13.6. The van der Waals surface area contributed by atoms with E-state index in [1.807, 2.05) is 0 Å². The first-order chi connectivity index (χ1) is 8.86. The zero-order valence-corrected chi connectivity index (χ0v) is 11.0. The van der Waals surface area contributed by atoms with Gasteiger partial charge in [0.15, 0.2) is 0 Å². The van der Waals surface area contributed by atoms with Gasteiger partial charge in [-0.3, -0.25) is 4.90 Å². The Morgan fingerprint density at radius 3 is 2.67 bits per heavy atom. The number of hydrogen-bond acceptors (Lipinski definition) is 5. The molecule has 0 amide bonds. The number of piperazine rings is 1. The van der Waals surface area contributed by atoms with Gasteiger partial charge in [-0.2, -0.15) is 0 Å². The van der Waals surface area contributed by atoms with Gasteiger partial charge in [0.05, 0.1) is 0 Å². The summed E-state index contributed by atoms with van der Waals surface area (Å²) in [7, 11) is 0. The average Bonchev–Trinajstić information content (AvgIpc) is 3.24. The highest BCUT2D eigenvalue weighted by molar-refractivity contribution is 5.48. The fraction of sp³-hybridized carbons (Fsp3) is 0.692. The third kappa shape index (κ3) is 2.56. The molecule has 0 unspecified atom stereocenters. The lowest BCUT2D eigenvalue weighted by atomic mass is 10.3. The Hall–Kier alpha value is -1.36. The maximum atomic E-state index is 4.39. The van der Waals surface area contributed by atoms with Crippen molar-refractivity contribution in [1.82, 2.24) is 14.9 Å². The Bertz CT molecular complexity index is 396. The first-order valence-corrected chi connectivity index (χ1v) is 6.91. The van der Waals surface area contributed by atoms with E-state index >= 15 is 0 Å². The van der Waals surface area contributed by atoms with Crippen molar-refractivity contribution in [2.45, 2.75) is 25.8 Å². The Labute approximate surface area is 108 Å². The molecule has 2 fully saturated rings. The van der Waals surface area contributed by atoms with E-state index in [9.17, 15) is 0 Å². The first kappa shape index (κ1) is 11.7. The minimum absolute atomic E-state index is 0.884. The number of rotatable bonds is 4. The first-order valence-electron chi connectivity index (χ1n) is 6.91. The molecule has 18 heavy (non-hydrogen) atoms. The maximum Gasteiger partial charge on any atom is 0.134 e. The van der Waals surface area contributed by atoms with Crippen LogP contribution in [0.5, 0.6) is 0 Å². The second-order valence-electron chi connectivity index (χ2n) is 5.05. The molecule has 1 aliphatic carbocycles. The van der Waals surface area contributed by atoms with Crippen molar-refractivity contribution >= 4 is 11.6 Å². The second-order valence-corrected chi connectivity index (χ2v) is 5.05. The average molecular weight is 247 g/mol. The summed E-state index contributed by atoms with van der Waals surface area (Å²) in [6, 6.07) is 2.94. The SMILES string of the molecule is CCNc1cc(N2CCN(C3CC3)CC2)ncn1. The minimum atomic E-state index is 0.884. The van der Waals surface area contributed by atoms with E-state index in [0.29, 0.717) is 0 Å². The highest BCUT2D eigenvalue weighted by Crippen LogP contribution is 2.28. The van der Waals surface area contributed by atoms with Crippen LogP contribution in [0.15, 0.2) is 12.4 Å². The molecule has 0 radical (unpaired) electrons. The van der Waals surface area contributed by atoms with E-state index in [1.165, 1.54) is 25.9 Å². The van der Waals surface area contributed by atoms with Gasteiger partial charge in [-0.15, -0.1) is 0 Å². The predicted octanol–water partition coefficient (Wildman–Crippen LogP) is 1.19. The van der Waals surface area contributed by atoms with Crippen molar-refractivity contribution in [1.29, 1.82) is 0 Å². The van der Waals surface area contributed by atoms with Crippen LogP contribution < -0.4 is 10.2 Å². The molecule has 2 aliphatic rings. The molecule has 1 aromatic heterocycles. The van der Waals surface area contributed by atoms with Gasteiger partial charge in [0.25, 0.3) is 0 Å². The number of nitrogens with one attached hydrogen (secondary N) is 1. The van der Waals surface area contributed by atoms with Crippen molar-refractivity contribution in [3.63, 3.8) is 0 Å². The molecule has 5 nitrogen and oxygen atoms in total. The molecule has 0 spiro atoms. The fourth-order valence-corrected chi connectivity index (χ4v) is 2.55. The summed E-state index contributed by atoms with van der Waals surface area (Å²) in [5, 5.41) is 3.24. The lowest BCUT2D eigenvalue weighted by Gasteiger charge is -2.35. The van der Waals surface area contributed by atoms with Crippen LogP contribution in [0.25, 0.3) is 0 Å². The minimum Gasteiger partial charge on any atom is -0.370 e. The summed E-state index contributed by atoms with van der Waals surface area (Å²) < 4.78 is 0. The summed E-state index contributed by atoms with van der Waals surface area (Å²) in [5.41, 5.74) is 0. The van der Waals surface area contributed by atoms with E-state index in [0.717, 1.165) is 37.3 Å². The summed E-state index contributed by atoms with van der Waals surface area (Å²) >= 11 is 0. The fourth-order valence-electron chi connectivity index (χ4n) is 2.55. The Morgan fingerprint density at radius 1 is 1.22 bits per heavy atom. The summed E-state index contributed by atoms with van der Waals surface area (Å²) in [6.45, 7) is 7.48. The lowest BCUT2D eigenvalue weighted by molar-refractivity contribution is 0.247. The zero-order chi connectivity index (χ0) is 12.4. The Morgan fingerprint density at radius 2 is 2.00 bits per heavy atom. The maximum absolute atomic E-state index is 4.39.